The number of aliphatic imine (C=N–C) groups is 1. The van der Waals surface area contributed by atoms with Crippen molar-refractivity contribution in [3.8, 4) is 0 Å². The molecular formula is C16H25ClN4O3S. The van der Waals surface area contributed by atoms with Gasteiger partial charge in [0.2, 0.25) is 5.91 Å². The van der Waals surface area contributed by atoms with Gasteiger partial charge in [0.15, 0.2) is 0 Å². The van der Waals surface area contributed by atoms with E-state index in [1.807, 2.05) is 20.8 Å². The Balaban J connectivity index is 0.00000312. The standard InChI is InChI=1S/C16H24N4O3S.ClH/c1-16(2,3)14(17)15(21)19-11-6-4-7-12(10-11)24(22,23)20-13-8-5-9-18-13;/h4,6-7,10,14H,5,8-9,17H2,1-3H3,(H,18,20)(H,19,21);1H/t14-;/m1./s1. The van der Waals surface area contributed by atoms with Gasteiger partial charge in [-0.05, 0) is 30.0 Å². The van der Waals surface area contributed by atoms with Crippen LogP contribution in [0.25, 0.3) is 0 Å². The van der Waals surface area contributed by atoms with E-state index in [2.05, 4.69) is 15.0 Å². The van der Waals surface area contributed by atoms with E-state index >= 15 is 0 Å². The number of amides is 1. The van der Waals surface area contributed by atoms with Crippen molar-refractivity contribution < 1.29 is 13.2 Å². The van der Waals surface area contributed by atoms with Crippen molar-refractivity contribution in [2.24, 2.45) is 16.1 Å². The van der Waals surface area contributed by atoms with Crippen molar-refractivity contribution in [1.29, 1.82) is 0 Å². The summed E-state index contributed by atoms with van der Waals surface area (Å²) in [6, 6.07) is 5.37. The van der Waals surface area contributed by atoms with Crippen molar-refractivity contribution >= 4 is 39.9 Å². The summed E-state index contributed by atoms with van der Waals surface area (Å²) in [5.41, 5.74) is 5.91. The minimum Gasteiger partial charge on any atom is -0.325 e. The van der Waals surface area contributed by atoms with E-state index in [0.717, 1.165) is 6.42 Å². The summed E-state index contributed by atoms with van der Waals surface area (Å²) in [6.07, 6.45) is 1.47. The number of benzene rings is 1. The molecule has 140 valence electrons. The molecule has 9 heteroatoms. The van der Waals surface area contributed by atoms with Crippen LogP contribution in [-0.2, 0) is 14.8 Å². The molecular weight excluding hydrogens is 364 g/mol. The van der Waals surface area contributed by atoms with Crippen molar-refractivity contribution in [3.63, 3.8) is 0 Å². The fraction of sp³-hybridized carbons (Fsp3) is 0.500. The Morgan fingerprint density at radius 1 is 1.32 bits per heavy atom. The Labute approximate surface area is 154 Å². The third-order valence-electron chi connectivity index (χ3n) is 3.75. The van der Waals surface area contributed by atoms with Gasteiger partial charge in [-0.3, -0.25) is 14.5 Å². The van der Waals surface area contributed by atoms with Crippen LogP contribution in [0.5, 0.6) is 0 Å². The second kappa shape index (κ2) is 8.16. The molecule has 1 heterocycles. The minimum absolute atomic E-state index is 0. The Morgan fingerprint density at radius 2 is 2.00 bits per heavy atom. The lowest BCUT2D eigenvalue weighted by Gasteiger charge is -2.25. The molecule has 0 unspecified atom stereocenters. The van der Waals surface area contributed by atoms with Gasteiger partial charge in [-0.1, -0.05) is 26.8 Å². The Hall–Kier alpha value is -1.64. The van der Waals surface area contributed by atoms with Gasteiger partial charge < -0.3 is 11.1 Å². The summed E-state index contributed by atoms with van der Waals surface area (Å²) in [5.74, 6) is 0.115. The number of carbonyl (C=O) groups is 1. The second-order valence-corrected chi connectivity index (χ2v) is 8.58. The first-order chi connectivity index (χ1) is 11.1. The highest BCUT2D eigenvalue weighted by atomic mass is 35.5. The lowest BCUT2D eigenvalue weighted by atomic mass is 9.87. The van der Waals surface area contributed by atoms with Crippen molar-refractivity contribution in [2.75, 3.05) is 11.9 Å². The summed E-state index contributed by atoms with van der Waals surface area (Å²) in [6.45, 7) is 6.23. The highest BCUT2D eigenvalue weighted by Crippen LogP contribution is 2.20. The summed E-state index contributed by atoms with van der Waals surface area (Å²) in [4.78, 5) is 16.4. The molecule has 7 nitrogen and oxygen atoms in total. The molecule has 1 aliphatic heterocycles. The first-order valence-corrected chi connectivity index (χ1v) is 9.30. The quantitative estimate of drug-likeness (QED) is 0.730. The molecule has 0 aromatic heterocycles. The summed E-state index contributed by atoms with van der Waals surface area (Å²) in [5, 5.41) is 2.67. The summed E-state index contributed by atoms with van der Waals surface area (Å²) < 4.78 is 27.3. The molecule has 1 aliphatic rings. The first kappa shape index (κ1) is 21.4. The smallest absolute Gasteiger partial charge is 0.262 e. The first-order valence-electron chi connectivity index (χ1n) is 7.82. The van der Waals surface area contributed by atoms with Crippen LogP contribution in [0.3, 0.4) is 0 Å². The number of nitrogens with one attached hydrogen (secondary N) is 2. The average Bonchev–Trinajstić information content (AvgIpc) is 2.98. The Bertz CT molecular complexity index is 757. The van der Waals surface area contributed by atoms with E-state index in [-0.39, 0.29) is 23.2 Å². The molecule has 0 saturated heterocycles. The van der Waals surface area contributed by atoms with E-state index in [9.17, 15) is 13.2 Å². The zero-order valence-electron chi connectivity index (χ0n) is 14.6. The normalized spacial score (nSPS) is 15.8. The van der Waals surface area contributed by atoms with E-state index in [1.165, 1.54) is 12.1 Å². The molecule has 0 radical (unpaired) electrons. The van der Waals surface area contributed by atoms with Crippen LogP contribution in [0.15, 0.2) is 34.2 Å². The van der Waals surface area contributed by atoms with Gasteiger partial charge in [-0.15, -0.1) is 12.4 Å². The fourth-order valence-electron chi connectivity index (χ4n) is 2.19. The van der Waals surface area contributed by atoms with Crippen LogP contribution in [0.2, 0.25) is 0 Å². The highest BCUT2D eigenvalue weighted by Gasteiger charge is 2.27. The average molecular weight is 389 g/mol. The fourth-order valence-corrected chi connectivity index (χ4v) is 3.33. The highest BCUT2D eigenvalue weighted by molar-refractivity contribution is 7.90. The van der Waals surface area contributed by atoms with Gasteiger partial charge in [0.05, 0.1) is 10.9 Å². The topological polar surface area (TPSA) is 114 Å². The van der Waals surface area contributed by atoms with Gasteiger partial charge in [-0.25, -0.2) is 8.42 Å². The third kappa shape index (κ3) is 5.69. The number of halogens is 1. The maximum absolute atomic E-state index is 12.4. The molecule has 2 rings (SSSR count). The Morgan fingerprint density at radius 3 is 2.56 bits per heavy atom. The number of amidine groups is 1. The zero-order chi connectivity index (χ0) is 18.0. The number of sulfonamides is 1. The lowest BCUT2D eigenvalue weighted by molar-refractivity contribution is -0.119. The van der Waals surface area contributed by atoms with Crippen LogP contribution >= 0.6 is 12.4 Å². The lowest BCUT2D eigenvalue weighted by Crippen LogP contribution is -2.45. The third-order valence-corrected chi connectivity index (χ3v) is 5.13. The number of anilines is 1. The SMILES string of the molecule is CC(C)(C)[C@H](N)C(=O)Nc1cccc(S(=O)(=O)NC2=NCCC2)c1.Cl. The van der Waals surface area contributed by atoms with Crippen LogP contribution in [-0.4, -0.2) is 32.7 Å². The molecule has 4 N–H and O–H groups in total. The minimum atomic E-state index is -3.71. The predicted molar refractivity (Wildman–Crippen MR) is 102 cm³/mol. The van der Waals surface area contributed by atoms with E-state index in [1.54, 1.807) is 12.1 Å². The van der Waals surface area contributed by atoms with E-state index in [0.29, 0.717) is 24.5 Å². The van der Waals surface area contributed by atoms with Gasteiger partial charge in [0.25, 0.3) is 10.0 Å². The number of rotatable bonds is 4. The molecule has 0 saturated carbocycles. The van der Waals surface area contributed by atoms with Crippen LogP contribution < -0.4 is 15.8 Å². The molecule has 1 atom stereocenters. The molecule has 1 aromatic rings. The number of nitrogens with zero attached hydrogens (tertiary/aromatic N) is 1. The predicted octanol–water partition coefficient (Wildman–Crippen LogP) is 1.89. The molecule has 0 spiro atoms. The maximum atomic E-state index is 12.4. The monoisotopic (exact) mass is 388 g/mol. The molecule has 0 bridgehead atoms. The van der Waals surface area contributed by atoms with E-state index < -0.39 is 21.5 Å². The van der Waals surface area contributed by atoms with Crippen molar-refractivity contribution in [3.05, 3.63) is 24.3 Å². The van der Waals surface area contributed by atoms with E-state index in [4.69, 9.17) is 5.73 Å². The second-order valence-electron chi connectivity index (χ2n) is 6.90. The van der Waals surface area contributed by atoms with Gasteiger partial charge in [-0.2, -0.15) is 0 Å². The number of carbonyl (C=O) groups excluding carboxylic acids is 1. The summed E-state index contributed by atoms with van der Waals surface area (Å²) >= 11 is 0. The zero-order valence-corrected chi connectivity index (χ0v) is 16.2. The molecule has 25 heavy (non-hydrogen) atoms. The molecule has 0 fully saturated rings. The van der Waals surface area contributed by atoms with Crippen LogP contribution in [0.1, 0.15) is 33.6 Å². The maximum Gasteiger partial charge on any atom is 0.262 e. The van der Waals surface area contributed by atoms with Crippen LogP contribution in [0, 0.1) is 5.41 Å². The van der Waals surface area contributed by atoms with Crippen LogP contribution in [0.4, 0.5) is 5.69 Å². The molecule has 1 amide bonds. The van der Waals surface area contributed by atoms with Gasteiger partial charge in [0.1, 0.15) is 5.84 Å². The van der Waals surface area contributed by atoms with Gasteiger partial charge in [0, 0.05) is 18.7 Å². The molecule has 0 aliphatic carbocycles. The number of nitrogens with two attached hydrogens (primary N) is 1. The Kier molecular flexibility index (Phi) is 6.99. The number of hydrogen-bond acceptors (Lipinski definition) is 5. The number of hydrogen-bond donors (Lipinski definition) is 3. The van der Waals surface area contributed by atoms with Crippen molar-refractivity contribution in [2.45, 2.75) is 44.6 Å². The van der Waals surface area contributed by atoms with Crippen molar-refractivity contribution in [1.82, 2.24) is 4.72 Å². The molecule has 1 aromatic carbocycles. The summed E-state index contributed by atoms with van der Waals surface area (Å²) in [7, 11) is -3.71. The largest absolute Gasteiger partial charge is 0.325 e. The van der Waals surface area contributed by atoms with Gasteiger partial charge >= 0.3 is 0 Å².